The third kappa shape index (κ3) is 5.11. The highest BCUT2D eigenvalue weighted by Gasteiger charge is 2.10. The second-order valence-corrected chi connectivity index (χ2v) is 5.32. The molecule has 26 heavy (non-hydrogen) atoms. The molecule has 0 radical (unpaired) electrons. The van der Waals surface area contributed by atoms with E-state index in [4.69, 9.17) is 9.47 Å². The first-order valence-corrected chi connectivity index (χ1v) is 7.68. The smallest absolute Gasteiger partial charge is 0.338 e. The second kappa shape index (κ2) is 8.72. The van der Waals surface area contributed by atoms with Crippen LogP contribution in [-0.2, 0) is 16.0 Å². The SMILES string of the molecule is Cc1cn(CCOCCOC(=O)c2ccc([N+](=O)[O-])cc2)c(=O)[nH]c1=O. The monoisotopic (exact) mass is 363 g/mol. The molecule has 0 aliphatic rings. The van der Waals surface area contributed by atoms with Crippen LogP contribution in [0.1, 0.15) is 15.9 Å². The Morgan fingerprint density at radius 2 is 1.88 bits per heavy atom. The van der Waals surface area contributed by atoms with Gasteiger partial charge in [-0.25, -0.2) is 9.59 Å². The summed E-state index contributed by atoms with van der Waals surface area (Å²) in [5, 5.41) is 10.5. The summed E-state index contributed by atoms with van der Waals surface area (Å²) in [5.41, 5.74) is -0.441. The maximum atomic E-state index is 11.8. The van der Waals surface area contributed by atoms with Crippen LogP contribution in [0.25, 0.3) is 0 Å². The van der Waals surface area contributed by atoms with Crippen molar-refractivity contribution >= 4 is 11.7 Å². The average molecular weight is 363 g/mol. The van der Waals surface area contributed by atoms with Crippen LogP contribution in [0.4, 0.5) is 5.69 Å². The number of non-ortho nitro benzene ring substituents is 1. The summed E-state index contributed by atoms with van der Waals surface area (Å²) >= 11 is 0. The van der Waals surface area contributed by atoms with Gasteiger partial charge in [-0.1, -0.05) is 0 Å². The van der Waals surface area contributed by atoms with Crippen molar-refractivity contribution in [2.24, 2.45) is 0 Å². The van der Waals surface area contributed by atoms with Gasteiger partial charge in [-0.05, 0) is 19.1 Å². The summed E-state index contributed by atoms with van der Waals surface area (Å²) in [5.74, 6) is -0.615. The summed E-state index contributed by atoms with van der Waals surface area (Å²) in [6.45, 7) is 2.14. The summed E-state index contributed by atoms with van der Waals surface area (Å²) in [6.07, 6.45) is 1.44. The van der Waals surface area contributed by atoms with Crippen molar-refractivity contribution in [3.05, 3.63) is 72.5 Å². The zero-order chi connectivity index (χ0) is 19.1. The number of ether oxygens (including phenoxy) is 2. The van der Waals surface area contributed by atoms with Gasteiger partial charge in [0.1, 0.15) is 6.61 Å². The lowest BCUT2D eigenvalue weighted by Crippen LogP contribution is -2.31. The fourth-order valence-corrected chi connectivity index (χ4v) is 2.05. The predicted octanol–water partition coefficient (Wildman–Crippen LogP) is 0.627. The fourth-order valence-electron chi connectivity index (χ4n) is 2.05. The molecule has 10 heteroatoms. The van der Waals surface area contributed by atoms with Crippen molar-refractivity contribution < 1.29 is 19.2 Å². The van der Waals surface area contributed by atoms with E-state index in [-0.39, 0.29) is 37.6 Å². The second-order valence-electron chi connectivity index (χ2n) is 5.32. The molecular weight excluding hydrogens is 346 g/mol. The van der Waals surface area contributed by atoms with Crippen LogP contribution < -0.4 is 11.2 Å². The molecule has 1 aromatic carbocycles. The number of aromatic amines is 1. The molecule has 0 fully saturated rings. The number of nitrogens with one attached hydrogen (secondary N) is 1. The molecule has 0 unspecified atom stereocenters. The van der Waals surface area contributed by atoms with E-state index in [1.54, 1.807) is 6.92 Å². The molecule has 0 aliphatic heterocycles. The zero-order valence-corrected chi connectivity index (χ0v) is 14.0. The van der Waals surface area contributed by atoms with E-state index in [1.165, 1.54) is 35.0 Å². The minimum absolute atomic E-state index is 0.00459. The minimum Gasteiger partial charge on any atom is -0.460 e. The van der Waals surface area contributed by atoms with Crippen LogP contribution in [0, 0.1) is 17.0 Å². The average Bonchev–Trinajstić information content (AvgIpc) is 2.61. The number of hydrogen-bond acceptors (Lipinski definition) is 7. The molecule has 0 atom stereocenters. The maximum Gasteiger partial charge on any atom is 0.338 e. The first-order valence-electron chi connectivity index (χ1n) is 7.68. The zero-order valence-electron chi connectivity index (χ0n) is 14.0. The molecule has 1 aromatic heterocycles. The predicted molar refractivity (Wildman–Crippen MR) is 90.3 cm³/mol. The Hall–Kier alpha value is -3.27. The van der Waals surface area contributed by atoms with Crippen molar-refractivity contribution in [2.45, 2.75) is 13.5 Å². The Labute approximate surface area is 147 Å². The Morgan fingerprint density at radius 1 is 1.19 bits per heavy atom. The number of aryl methyl sites for hydroxylation is 1. The normalized spacial score (nSPS) is 10.5. The number of hydrogen-bond donors (Lipinski definition) is 1. The van der Waals surface area contributed by atoms with Gasteiger partial charge >= 0.3 is 11.7 Å². The molecule has 0 amide bonds. The van der Waals surface area contributed by atoms with Crippen molar-refractivity contribution in [1.29, 1.82) is 0 Å². The highest BCUT2D eigenvalue weighted by Crippen LogP contribution is 2.12. The number of benzene rings is 1. The van der Waals surface area contributed by atoms with E-state index in [1.807, 2.05) is 0 Å². The largest absolute Gasteiger partial charge is 0.460 e. The first kappa shape index (κ1) is 19.1. The van der Waals surface area contributed by atoms with Gasteiger partial charge in [0.05, 0.1) is 30.2 Å². The van der Waals surface area contributed by atoms with E-state index in [0.29, 0.717) is 5.56 Å². The number of H-pyrrole nitrogens is 1. The van der Waals surface area contributed by atoms with Gasteiger partial charge in [0.2, 0.25) is 0 Å². The van der Waals surface area contributed by atoms with Crippen LogP contribution in [0.5, 0.6) is 0 Å². The van der Waals surface area contributed by atoms with Gasteiger partial charge in [0, 0.05) is 23.9 Å². The highest BCUT2D eigenvalue weighted by molar-refractivity contribution is 5.89. The Bertz CT molecular complexity index is 899. The van der Waals surface area contributed by atoms with E-state index < -0.39 is 22.1 Å². The van der Waals surface area contributed by atoms with E-state index >= 15 is 0 Å². The topological polar surface area (TPSA) is 134 Å². The molecule has 2 rings (SSSR count). The van der Waals surface area contributed by atoms with Gasteiger partial charge < -0.3 is 9.47 Å². The third-order valence-electron chi connectivity index (χ3n) is 3.44. The third-order valence-corrected chi connectivity index (χ3v) is 3.44. The minimum atomic E-state index is -0.615. The highest BCUT2D eigenvalue weighted by atomic mass is 16.6. The lowest BCUT2D eigenvalue weighted by molar-refractivity contribution is -0.384. The Kier molecular flexibility index (Phi) is 6.39. The molecule has 0 saturated carbocycles. The molecule has 10 nitrogen and oxygen atoms in total. The number of nitrogens with zero attached hydrogens (tertiary/aromatic N) is 2. The number of aromatic nitrogens is 2. The quantitative estimate of drug-likeness (QED) is 0.314. The van der Waals surface area contributed by atoms with Crippen molar-refractivity contribution in [3.63, 3.8) is 0 Å². The molecular formula is C16H17N3O7. The molecule has 2 aromatic rings. The van der Waals surface area contributed by atoms with Crippen molar-refractivity contribution in [1.82, 2.24) is 9.55 Å². The first-order chi connectivity index (χ1) is 12.4. The molecule has 0 aliphatic carbocycles. The fraction of sp³-hybridized carbons (Fsp3) is 0.312. The van der Waals surface area contributed by atoms with Crippen LogP contribution in [0.15, 0.2) is 40.1 Å². The number of carbonyl (C=O) groups excluding carboxylic acids is 1. The van der Waals surface area contributed by atoms with Gasteiger partial charge in [-0.3, -0.25) is 24.5 Å². The van der Waals surface area contributed by atoms with E-state index in [2.05, 4.69) is 4.98 Å². The van der Waals surface area contributed by atoms with Gasteiger partial charge in [-0.2, -0.15) is 0 Å². The van der Waals surface area contributed by atoms with Gasteiger partial charge in [0.15, 0.2) is 0 Å². The summed E-state index contributed by atoms with van der Waals surface area (Å²) in [7, 11) is 0. The summed E-state index contributed by atoms with van der Waals surface area (Å²) in [4.78, 5) is 46.8. The van der Waals surface area contributed by atoms with Crippen LogP contribution in [-0.4, -0.2) is 40.3 Å². The maximum absolute atomic E-state index is 11.8. The van der Waals surface area contributed by atoms with Crippen molar-refractivity contribution in [3.8, 4) is 0 Å². The van der Waals surface area contributed by atoms with Crippen LogP contribution >= 0.6 is 0 Å². The lowest BCUT2D eigenvalue weighted by atomic mass is 10.2. The lowest BCUT2D eigenvalue weighted by Gasteiger charge is -2.08. The molecule has 1 heterocycles. The molecule has 0 bridgehead atoms. The Morgan fingerprint density at radius 3 is 2.54 bits per heavy atom. The molecule has 0 saturated heterocycles. The molecule has 1 N–H and O–H groups in total. The van der Waals surface area contributed by atoms with Crippen molar-refractivity contribution in [2.75, 3.05) is 19.8 Å². The molecule has 0 spiro atoms. The molecule has 138 valence electrons. The van der Waals surface area contributed by atoms with Crippen LogP contribution in [0.2, 0.25) is 0 Å². The van der Waals surface area contributed by atoms with E-state index in [0.717, 1.165) is 0 Å². The van der Waals surface area contributed by atoms with Gasteiger partial charge in [-0.15, -0.1) is 0 Å². The number of nitro groups is 1. The number of carbonyl (C=O) groups is 1. The summed E-state index contributed by atoms with van der Waals surface area (Å²) in [6, 6.07) is 5.06. The van der Waals surface area contributed by atoms with Crippen LogP contribution in [0.3, 0.4) is 0 Å². The Balaban J connectivity index is 1.71. The number of rotatable bonds is 8. The standard InChI is InChI=1S/C16H17N3O7/c1-11-10-18(16(22)17-14(11)20)6-7-25-8-9-26-15(21)12-2-4-13(5-3-12)19(23)24/h2-5,10H,6-9H2,1H3,(H,17,20,22). The number of esters is 1. The van der Waals surface area contributed by atoms with Gasteiger partial charge in [0.25, 0.3) is 11.2 Å². The number of nitro benzene ring substituents is 1. The summed E-state index contributed by atoms with van der Waals surface area (Å²) < 4.78 is 11.6. The van der Waals surface area contributed by atoms with E-state index in [9.17, 15) is 24.5 Å².